The lowest BCUT2D eigenvalue weighted by atomic mass is 10.1. The van der Waals surface area contributed by atoms with E-state index in [9.17, 15) is 13.6 Å². The number of Topliss-reactive ketones (excluding diaryl/α,β-unsaturated/α-hetero) is 1. The molecule has 0 bridgehead atoms. The minimum absolute atomic E-state index is 0.0186. The molecule has 2 rings (SSSR count). The van der Waals surface area contributed by atoms with E-state index >= 15 is 0 Å². The predicted molar refractivity (Wildman–Crippen MR) is 62.4 cm³/mol. The lowest BCUT2D eigenvalue weighted by Crippen LogP contribution is -2.13. The summed E-state index contributed by atoms with van der Waals surface area (Å²) < 4.78 is 27.3. The highest BCUT2D eigenvalue weighted by Crippen LogP contribution is 2.11. The van der Waals surface area contributed by atoms with Crippen molar-refractivity contribution in [2.45, 2.75) is 20.4 Å². The van der Waals surface area contributed by atoms with Crippen molar-refractivity contribution in [2.24, 2.45) is 0 Å². The predicted octanol–water partition coefficient (Wildman–Crippen LogP) is 2.66. The smallest absolute Gasteiger partial charge is 0.184 e. The van der Waals surface area contributed by atoms with Gasteiger partial charge in [-0.1, -0.05) is 0 Å². The van der Waals surface area contributed by atoms with Gasteiger partial charge >= 0.3 is 0 Å². The van der Waals surface area contributed by atoms with Crippen LogP contribution in [0.15, 0.2) is 24.3 Å². The Morgan fingerprint density at radius 1 is 1.22 bits per heavy atom. The molecule has 0 amide bonds. The van der Waals surface area contributed by atoms with Gasteiger partial charge in [-0.15, -0.1) is 0 Å². The zero-order valence-electron chi connectivity index (χ0n) is 10.1. The normalized spacial score (nSPS) is 10.7. The summed E-state index contributed by atoms with van der Waals surface area (Å²) in [5.41, 5.74) is 1.80. The molecule has 0 spiro atoms. The second-order valence-corrected chi connectivity index (χ2v) is 4.14. The highest BCUT2D eigenvalue weighted by molar-refractivity contribution is 5.95. The van der Waals surface area contributed by atoms with E-state index in [1.54, 1.807) is 4.68 Å². The van der Waals surface area contributed by atoms with Gasteiger partial charge < -0.3 is 0 Å². The number of rotatable bonds is 3. The molecule has 0 fully saturated rings. The zero-order chi connectivity index (χ0) is 13.3. The first-order valence-corrected chi connectivity index (χ1v) is 5.46. The summed E-state index contributed by atoms with van der Waals surface area (Å²) >= 11 is 0. The largest absolute Gasteiger partial charge is 0.292 e. The third-order valence-corrected chi connectivity index (χ3v) is 2.64. The van der Waals surface area contributed by atoms with Gasteiger partial charge in [-0.05, 0) is 38.1 Å². The van der Waals surface area contributed by atoms with Crippen LogP contribution in [0.5, 0.6) is 0 Å². The van der Waals surface area contributed by atoms with Crippen LogP contribution in [-0.4, -0.2) is 15.6 Å². The van der Waals surface area contributed by atoms with Crippen LogP contribution in [0.4, 0.5) is 8.78 Å². The summed E-state index contributed by atoms with van der Waals surface area (Å²) in [6, 6.07) is 4.97. The first-order valence-electron chi connectivity index (χ1n) is 5.46. The van der Waals surface area contributed by atoms with E-state index in [0.717, 1.165) is 23.5 Å². The van der Waals surface area contributed by atoms with Crippen molar-refractivity contribution in [2.75, 3.05) is 0 Å². The Hall–Kier alpha value is -2.04. The first kappa shape index (κ1) is 12.4. The Bertz CT molecular complexity index is 605. The molecule has 0 radical (unpaired) electrons. The van der Waals surface area contributed by atoms with Gasteiger partial charge in [0.25, 0.3) is 0 Å². The Labute approximate surface area is 103 Å². The number of hydrogen-bond acceptors (Lipinski definition) is 2. The Morgan fingerprint density at radius 2 is 1.94 bits per heavy atom. The maximum atomic E-state index is 13.0. The molecule has 0 aliphatic carbocycles. The molecule has 0 N–H and O–H groups in total. The lowest BCUT2D eigenvalue weighted by molar-refractivity contribution is 0.0966. The number of aromatic nitrogens is 2. The molecule has 1 heterocycles. The van der Waals surface area contributed by atoms with Gasteiger partial charge in [0.1, 0.15) is 6.54 Å². The van der Waals surface area contributed by atoms with Crippen molar-refractivity contribution in [3.05, 3.63) is 52.9 Å². The molecule has 0 aliphatic heterocycles. The molecule has 0 aliphatic rings. The van der Waals surface area contributed by atoms with Crippen LogP contribution in [0.1, 0.15) is 21.7 Å². The molecular formula is C13H12F2N2O. The maximum absolute atomic E-state index is 13.0. The van der Waals surface area contributed by atoms with Gasteiger partial charge in [-0.3, -0.25) is 9.48 Å². The summed E-state index contributed by atoms with van der Waals surface area (Å²) in [5.74, 6) is -2.29. The average Bonchev–Trinajstić information content (AvgIpc) is 2.61. The van der Waals surface area contributed by atoms with Crippen molar-refractivity contribution >= 4 is 5.78 Å². The van der Waals surface area contributed by atoms with Crippen LogP contribution in [0.2, 0.25) is 0 Å². The fourth-order valence-corrected chi connectivity index (χ4v) is 1.73. The number of nitrogens with zero attached hydrogens (tertiary/aromatic N) is 2. The van der Waals surface area contributed by atoms with E-state index in [2.05, 4.69) is 5.10 Å². The Kier molecular flexibility index (Phi) is 3.23. The number of carbonyl (C=O) groups is 1. The van der Waals surface area contributed by atoms with Crippen molar-refractivity contribution in [3.63, 3.8) is 0 Å². The van der Waals surface area contributed by atoms with Crippen molar-refractivity contribution in [3.8, 4) is 0 Å². The molecule has 0 unspecified atom stereocenters. The second-order valence-electron chi connectivity index (χ2n) is 4.14. The highest BCUT2D eigenvalue weighted by atomic mass is 19.2. The number of carbonyl (C=O) groups excluding carboxylic acids is 1. The minimum Gasteiger partial charge on any atom is -0.292 e. The van der Waals surface area contributed by atoms with Crippen LogP contribution >= 0.6 is 0 Å². The maximum Gasteiger partial charge on any atom is 0.184 e. The average molecular weight is 250 g/mol. The minimum atomic E-state index is -1.02. The molecule has 0 saturated heterocycles. The van der Waals surface area contributed by atoms with Gasteiger partial charge in [0.05, 0.1) is 5.69 Å². The highest BCUT2D eigenvalue weighted by Gasteiger charge is 2.12. The standard InChI is InChI=1S/C13H12F2N2O/c1-8-5-9(2)17(16-8)7-13(18)10-3-4-11(14)12(15)6-10/h3-6H,7H2,1-2H3. The number of ketones is 1. The van der Waals surface area contributed by atoms with Gasteiger partial charge in [0, 0.05) is 11.3 Å². The summed E-state index contributed by atoms with van der Waals surface area (Å²) in [5, 5.41) is 4.14. The van der Waals surface area contributed by atoms with Gasteiger partial charge in [-0.25, -0.2) is 8.78 Å². The van der Waals surface area contributed by atoms with E-state index in [-0.39, 0.29) is 17.9 Å². The fraction of sp³-hybridized carbons (Fsp3) is 0.231. The Morgan fingerprint density at radius 3 is 2.50 bits per heavy atom. The summed E-state index contributed by atoms with van der Waals surface area (Å²) in [6.45, 7) is 3.68. The van der Waals surface area contributed by atoms with Crippen LogP contribution in [0, 0.1) is 25.5 Å². The lowest BCUT2D eigenvalue weighted by Gasteiger charge is -2.04. The van der Waals surface area contributed by atoms with Crippen molar-refractivity contribution in [1.29, 1.82) is 0 Å². The van der Waals surface area contributed by atoms with Gasteiger partial charge in [0.15, 0.2) is 17.4 Å². The molecule has 3 nitrogen and oxygen atoms in total. The van der Waals surface area contributed by atoms with Crippen LogP contribution in [-0.2, 0) is 6.54 Å². The van der Waals surface area contributed by atoms with Crippen LogP contribution in [0.3, 0.4) is 0 Å². The van der Waals surface area contributed by atoms with Crippen LogP contribution in [0.25, 0.3) is 0 Å². The van der Waals surface area contributed by atoms with E-state index in [1.807, 2.05) is 19.9 Å². The van der Waals surface area contributed by atoms with Gasteiger partial charge in [-0.2, -0.15) is 5.10 Å². The molecule has 2 aromatic rings. The molecule has 1 aromatic carbocycles. The third kappa shape index (κ3) is 2.45. The first-order chi connectivity index (χ1) is 8.47. The molecule has 94 valence electrons. The van der Waals surface area contributed by atoms with Crippen molar-refractivity contribution < 1.29 is 13.6 Å². The molecule has 18 heavy (non-hydrogen) atoms. The van der Waals surface area contributed by atoms with E-state index < -0.39 is 11.6 Å². The quantitative estimate of drug-likeness (QED) is 0.785. The fourth-order valence-electron chi connectivity index (χ4n) is 1.73. The summed E-state index contributed by atoms with van der Waals surface area (Å²) in [4.78, 5) is 11.9. The molecule has 1 aromatic heterocycles. The third-order valence-electron chi connectivity index (χ3n) is 2.64. The van der Waals surface area contributed by atoms with E-state index in [4.69, 9.17) is 0 Å². The number of aryl methyl sites for hydroxylation is 2. The zero-order valence-corrected chi connectivity index (χ0v) is 10.1. The molecule has 5 heteroatoms. The van der Waals surface area contributed by atoms with E-state index in [0.29, 0.717) is 0 Å². The van der Waals surface area contributed by atoms with E-state index in [1.165, 1.54) is 6.07 Å². The number of halogens is 2. The summed E-state index contributed by atoms with van der Waals surface area (Å²) in [7, 11) is 0. The summed E-state index contributed by atoms with van der Waals surface area (Å²) in [6.07, 6.45) is 0. The number of hydrogen-bond donors (Lipinski definition) is 0. The second kappa shape index (κ2) is 4.68. The SMILES string of the molecule is Cc1cc(C)n(CC(=O)c2ccc(F)c(F)c2)n1. The van der Waals surface area contributed by atoms with Crippen molar-refractivity contribution in [1.82, 2.24) is 9.78 Å². The monoisotopic (exact) mass is 250 g/mol. The molecule has 0 atom stereocenters. The van der Waals surface area contributed by atoms with Crippen LogP contribution < -0.4 is 0 Å². The molecular weight excluding hydrogens is 238 g/mol. The van der Waals surface area contributed by atoms with Gasteiger partial charge in [0.2, 0.25) is 0 Å². The topological polar surface area (TPSA) is 34.9 Å². The Balaban J connectivity index is 2.22. The number of benzene rings is 1. The molecule has 0 saturated carbocycles.